The van der Waals surface area contributed by atoms with Gasteiger partial charge in [0.2, 0.25) is 0 Å². The Labute approximate surface area is 167 Å². The van der Waals surface area contributed by atoms with Crippen LogP contribution < -0.4 is 0 Å². The molecule has 0 aliphatic carbocycles. The largest absolute Gasteiger partial charge is 0.478 e. The minimum atomic E-state index is -1.84. The highest BCUT2D eigenvalue weighted by Gasteiger charge is 2.33. The van der Waals surface area contributed by atoms with Crippen molar-refractivity contribution >= 4 is 56.2 Å². The van der Waals surface area contributed by atoms with Gasteiger partial charge < -0.3 is 20.4 Å². The zero-order valence-corrected chi connectivity index (χ0v) is 15.0. The Morgan fingerprint density at radius 2 is 0.800 bits per heavy atom. The number of aromatic carboxylic acids is 4. The number of benzene rings is 4. The molecule has 0 atom stereocenters. The summed E-state index contributed by atoms with van der Waals surface area (Å²) in [4.78, 5) is 47.5. The van der Waals surface area contributed by atoms with Crippen molar-refractivity contribution in [2.24, 2.45) is 0 Å². The first kappa shape index (κ1) is 18.9. The molecular formula is C22H12O8. The van der Waals surface area contributed by atoms with Gasteiger partial charge in [-0.1, -0.05) is 24.3 Å². The Morgan fingerprint density at radius 1 is 0.467 bits per heavy atom. The van der Waals surface area contributed by atoms with Crippen LogP contribution in [0.15, 0.2) is 48.5 Å². The van der Waals surface area contributed by atoms with Crippen LogP contribution >= 0.6 is 0 Å². The van der Waals surface area contributed by atoms with E-state index >= 15 is 0 Å². The summed E-state index contributed by atoms with van der Waals surface area (Å²) in [5.74, 6) is -7.02. The summed E-state index contributed by atoms with van der Waals surface area (Å²) in [5, 5.41) is 40.9. The molecular weight excluding hydrogens is 392 g/mol. The highest BCUT2D eigenvalue weighted by atomic mass is 16.4. The van der Waals surface area contributed by atoms with E-state index in [1.54, 1.807) is 12.1 Å². The predicted octanol–water partition coefficient (Wildman–Crippen LogP) is 3.94. The maximum Gasteiger partial charge on any atom is 0.337 e. The van der Waals surface area contributed by atoms with Gasteiger partial charge in [-0.2, -0.15) is 0 Å². The molecule has 0 fully saturated rings. The normalized spacial score (nSPS) is 11.1. The molecule has 0 saturated carbocycles. The van der Waals surface area contributed by atoms with Crippen molar-refractivity contribution in [1.29, 1.82) is 0 Å². The van der Waals surface area contributed by atoms with Crippen molar-refractivity contribution in [3.8, 4) is 0 Å². The van der Waals surface area contributed by atoms with E-state index < -0.39 is 46.1 Å². The number of carboxylic acid groups (broad SMARTS) is 4. The summed E-state index contributed by atoms with van der Waals surface area (Å²) in [6.07, 6.45) is 0. The van der Waals surface area contributed by atoms with E-state index in [-0.39, 0.29) is 10.8 Å². The first-order valence-electron chi connectivity index (χ1n) is 8.60. The molecule has 148 valence electrons. The van der Waals surface area contributed by atoms with E-state index in [0.29, 0.717) is 10.8 Å². The summed E-state index contributed by atoms with van der Waals surface area (Å²) in [7, 11) is 0. The summed E-state index contributed by atoms with van der Waals surface area (Å²) in [6, 6.07) is 13.6. The first-order chi connectivity index (χ1) is 14.2. The maximum atomic E-state index is 11.9. The van der Waals surface area contributed by atoms with Gasteiger partial charge in [-0.05, 0) is 56.6 Å². The lowest BCUT2D eigenvalue weighted by atomic mass is 9.87. The van der Waals surface area contributed by atoms with Crippen LogP contribution in [-0.4, -0.2) is 44.3 Å². The second-order valence-electron chi connectivity index (χ2n) is 6.66. The topological polar surface area (TPSA) is 149 Å². The lowest BCUT2D eigenvalue weighted by Crippen LogP contribution is -2.20. The molecule has 30 heavy (non-hydrogen) atoms. The summed E-state index contributed by atoms with van der Waals surface area (Å²) in [5.41, 5.74) is -3.68. The zero-order valence-electron chi connectivity index (χ0n) is 15.0. The molecule has 4 rings (SSSR count). The number of carboxylic acids is 4. The van der Waals surface area contributed by atoms with E-state index in [0.717, 1.165) is 10.8 Å². The summed E-state index contributed by atoms with van der Waals surface area (Å²) >= 11 is 0. The number of carbonyl (C=O) groups is 4. The van der Waals surface area contributed by atoms with Gasteiger partial charge in [0.05, 0.1) is 22.3 Å². The predicted molar refractivity (Wildman–Crippen MR) is 107 cm³/mol. The summed E-state index contributed by atoms with van der Waals surface area (Å²) < 4.78 is 0. The van der Waals surface area contributed by atoms with Crippen LogP contribution in [0, 0.1) is 0 Å². The lowest BCUT2D eigenvalue weighted by Gasteiger charge is -2.15. The highest BCUT2D eigenvalue weighted by Crippen LogP contribution is 2.35. The average molecular weight is 404 g/mol. The third-order valence-electron chi connectivity index (χ3n) is 4.99. The molecule has 0 radical (unpaired) electrons. The van der Waals surface area contributed by atoms with Crippen molar-refractivity contribution in [3.63, 3.8) is 0 Å². The summed E-state index contributed by atoms with van der Waals surface area (Å²) in [6.45, 7) is 0. The van der Waals surface area contributed by atoms with Crippen LogP contribution in [0.3, 0.4) is 0 Å². The van der Waals surface area contributed by atoms with E-state index in [1.165, 1.54) is 12.1 Å². The molecule has 8 heteroatoms. The molecule has 0 heterocycles. The minimum Gasteiger partial charge on any atom is -0.478 e. The van der Waals surface area contributed by atoms with Crippen molar-refractivity contribution in [1.82, 2.24) is 0 Å². The average Bonchev–Trinajstić information content (AvgIpc) is 2.68. The molecule has 0 bridgehead atoms. The SMILES string of the molecule is O=C(O)c1c(C(=O)O)c(C(=O)O)c2cc3cc4ccccc4cc3cc2c1C(=O)O. The fourth-order valence-corrected chi connectivity index (χ4v) is 3.80. The maximum absolute atomic E-state index is 11.9. The molecule has 4 N–H and O–H groups in total. The lowest BCUT2D eigenvalue weighted by molar-refractivity contribution is 0.0621. The number of hydrogen-bond acceptors (Lipinski definition) is 4. The van der Waals surface area contributed by atoms with Gasteiger partial charge in [-0.3, -0.25) is 0 Å². The number of fused-ring (bicyclic) bond motifs is 3. The van der Waals surface area contributed by atoms with Crippen molar-refractivity contribution < 1.29 is 39.6 Å². The van der Waals surface area contributed by atoms with Crippen molar-refractivity contribution in [2.45, 2.75) is 0 Å². The standard InChI is InChI=1S/C22H12O8/c23-19(24)15-13-7-11-5-9-3-1-2-4-10(9)6-12(11)8-14(13)16(20(25)26)18(22(29)30)17(15)21(27)28/h1-8H,(H,23,24)(H,25,26)(H,27,28)(H,29,30). The Hall–Kier alpha value is -4.46. The van der Waals surface area contributed by atoms with E-state index in [2.05, 4.69) is 0 Å². The Bertz CT molecular complexity index is 1340. The first-order valence-corrected chi connectivity index (χ1v) is 8.60. The van der Waals surface area contributed by atoms with Crippen LogP contribution in [0.2, 0.25) is 0 Å². The van der Waals surface area contributed by atoms with E-state index in [1.807, 2.05) is 24.3 Å². The van der Waals surface area contributed by atoms with Crippen LogP contribution in [0.5, 0.6) is 0 Å². The van der Waals surface area contributed by atoms with Crippen LogP contribution in [-0.2, 0) is 0 Å². The molecule has 0 saturated heterocycles. The molecule has 0 aromatic heterocycles. The van der Waals surface area contributed by atoms with Gasteiger partial charge in [0, 0.05) is 0 Å². The third-order valence-corrected chi connectivity index (χ3v) is 4.99. The van der Waals surface area contributed by atoms with Crippen molar-refractivity contribution in [3.05, 3.63) is 70.8 Å². The zero-order chi connectivity index (χ0) is 21.7. The fourth-order valence-electron chi connectivity index (χ4n) is 3.80. The van der Waals surface area contributed by atoms with Gasteiger partial charge in [0.25, 0.3) is 0 Å². The van der Waals surface area contributed by atoms with Crippen LogP contribution in [0.4, 0.5) is 0 Å². The third kappa shape index (κ3) is 2.70. The smallest absolute Gasteiger partial charge is 0.337 e. The number of hydrogen-bond donors (Lipinski definition) is 4. The molecule has 0 aliphatic rings. The van der Waals surface area contributed by atoms with Gasteiger partial charge in [-0.25, -0.2) is 19.2 Å². The second-order valence-corrected chi connectivity index (χ2v) is 6.66. The molecule has 0 amide bonds. The minimum absolute atomic E-state index is 0.162. The van der Waals surface area contributed by atoms with E-state index in [9.17, 15) is 39.6 Å². The molecule has 0 spiro atoms. The Morgan fingerprint density at radius 3 is 1.10 bits per heavy atom. The van der Waals surface area contributed by atoms with Crippen molar-refractivity contribution in [2.75, 3.05) is 0 Å². The highest BCUT2D eigenvalue weighted by molar-refractivity contribution is 6.25. The molecule has 4 aromatic rings. The fraction of sp³-hybridized carbons (Fsp3) is 0. The molecule has 4 aromatic carbocycles. The van der Waals surface area contributed by atoms with Gasteiger partial charge in [-0.15, -0.1) is 0 Å². The van der Waals surface area contributed by atoms with Gasteiger partial charge in [0.1, 0.15) is 0 Å². The number of rotatable bonds is 4. The Balaban J connectivity index is 2.33. The molecule has 0 unspecified atom stereocenters. The second kappa shape index (κ2) is 6.56. The van der Waals surface area contributed by atoms with Gasteiger partial charge in [0.15, 0.2) is 0 Å². The van der Waals surface area contributed by atoms with Gasteiger partial charge >= 0.3 is 23.9 Å². The Kier molecular flexibility index (Phi) is 4.13. The monoisotopic (exact) mass is 404 g/mol. The van der Waals surface area contributed by atoms with E-state index in [4.69, 9.17) is 0 Å². The molecule has 0 aliphatic heterocycles. The molecule has 8 nitrogen and oxygen atoms in total. The van der Waals surface area contributed by atoms with Crippen LogP contribution in [0.25, 0.3) is 32.3 Å². The quantitative estimate of drug-likeness (QED) is 0.374. The van der Waals surface area contributed by atoms with Crippen LogP contribution in [0.1, 0.15) is 41.4 Å².